The molecule has 8 aromatic carbocycles. The van der Waals surface area contributed by atoms with E-state index in [1.165, 1.54) is 5.56 Å². The molecule has 0 aliphatic heterocycles. The fourth-order valence-corrected chi connectivity index (χ4v) is 9.53. The number of imidazole rings is 1. The summed E-state index contributed by atoms with van der Waals surface area (Å²) in [7, 11) is 0. The minimum Gasteiger partial charge on any atom is -0.507 e. The van der Waals surface area contributed by atoms with Crippen LogP contribution in [0.3, 0.4) is 0 Å². The molecule has 5 heteroatoms. The van der Waals surface area contributed by atoms with Gasteiger partial charge in [-0.15, -0.1) is 29.3 Å². The molecule has 0 radical (unpaired) electrons. The van der Waals surface area contributed by atoms with Crippen molar-refractivity contribution in [3.8, 4) is 78.5 Å². The van der Waals surface area contributed by atoms with Gasteiger partial charge in [-0.2, -0.15) is 0 Å². The molecule has 4 nitrogen and oxygen atoms in total. The van der Waals surface area contributed by atoms with Crippen LogP contribution in [0.25, 0.3) is 94.6 Å². The topological polar surface area (TPSA) is 50.9 Å². The summed E-state index contributed by atoms with van der Waals surface area (Å²) in [6.45, 7) is 20.1. The van der Waals surface area contributed by atoms with Gasteiger partial charge in [0.25, 0.3) is 0 Å². The van der Waals surface area contributed by atoms with Gasteiger partial charge < -0.3 is 9.67 Å². The van der Waals surface area contributed by atoms with Crippen LogP contribution in [-0.4, -0.2) is 19.6 Å². The molecule has 2 aromatic heterocycles. The standard InChI is InChI=1S/C64H58N3O.Pt/c1-62(2,3)47-31-32-56(53(40-47)43-25-17-12-18-26-43)67-57-30-20-29-52(54-38-44(41-21-13-10-14-22-41)39-55(60(54)68)64(7,8)9)59(57)66-61(67)46-35-45(36-48(37-46)63(4,5)6)50-27-19-28-51-49(33-34-65-58(50)51)42-23-15-11-16-24-42;/h10-34,36-40,68H,1-9H3;/q-1;. The number of benzene rings is 8. The predicted molar refractivity (Wildman–Crippen MR) is 286 cm³/mol. The second-order valence-corrected chi connectivity index (χ2v) is 21.2. The van der Waals surface area contributed by atoms with Crippen molar-refractivity contribution in [2.45, 2.75) is 78.6 Å². The Morgan fingerprint density at radius 1 is 0.449 bits per heavy atom. The predicted octanol–water partition coefficient (Wildman–Crippen LogP) is 17.0. The third-order valence-electron chi connectivity index (χ3n) is 13.3. The number of pyridine rings is 1. The number of phenols is 1. The Morgan fingerprint density at radius 2 is 1.04 bits per heavy atom. The summed E-state index contributed by atoms with van der Waals surface area (Å²) >= 11 is 0. The quantitative estimate of drug-likeness (QED) is 0.162. The van der Waals surface area contributed by atoms with E-state index in [2.05, 4.69) is 243 Å². The minimum atomic E-state index is -0.335. The van der Waals surface area contributed by atoms with E-state index in [1.807, 2.05) is 12.3 Å². The van der Waals surface area contributed by atoms with Crippen molar-refractivity contribution in [1.29, 1.82) is 0 Å². The van der Waals surface area contributed by atoms with Gasteiger partial charge in [-0.1, -0.05) is 201 Å². The van der Waals surface area contributed by atoms with E-state index in [9.17, 15) is 5.11 Å². The molecule has 0 saturated heterocycles. The van der Waals surface area contributed by atoms with Crippen molar-refractivity contribution in [3.05, 3.63) is 205 Å². The first-order valence-electron chi connectivity index (χ1n) is 23.7. The van der Waals surface area contributed by atoms with Gasteiger partial charge in [0.2, 0.25) is 0 Å². The summed E-state index contributed by atoms with van der Waals surface area (Å²) < 4.78 is 2.33. The van der Waals surface area contributed by atoms with Crippen molar-refractivity contribution in [2.24, 2.45) is 0 Å². The van der Waals surface area contributed by atoms with Crippen molar-refractivity contribution in [1.82, 2.24) is 14.5 Å². The summed E-state index contributed by atoms with van der Waals surface area (Å²) in [6, 6.07) is 66.2. The number of hydrogen-bond acceptors (Lipinski definition) is 3. The number of fused-ring (bicyclic) bond motifs is 2. The van der Waals surface area contributed by atoms with Crippen molar-refractivity contribution in [3.63, 3.8) is 0 Å². The normalized spacial score (nSPS) is 12.1. The van der Waals surface area contributed by atoms with Crippen LogP contribution in [0.15, 0.2) is 182 Å². The van der Waals surface area contributed by atoms with Crippen LogP contribution >= 0.6 is 0 Å². The molecule has 0 aliphatic carbocycles. The first kappa shape index (κ1) is 47.2. The van der Waals surface area contributed by atoms with E-state index in [0.29, 0.717) is 0 Å². The number of para-hydroxylation sites is 2. The average molecular weight is 1080 g/mol. The summed E-state index contributed by atoms with van der Waals surface area (Å²) in [5.74, 6) is 1.02. The van der Waals surface area contributed by atoms with Gasteiger partial charge in [0.05, 0.1) is 16.9 Å². The third-order valence-corrected chi connectivity index (χ3v) is 13.3. The summed E-state index contributed by atoms with van der Waals surface area (Å²) in [4.78, 5) is 10.8. The average Bonchev–Trinajstić information content (AvgIpc) is 3.73. The number of phenolic OH excluding ortho intramolecular Hbond substituents is 1. The number of aromatic nitrogens is 3. The molecule has 10 rings (SSSR count). The molecule has 10 aromatic rings. The van der Waals surface area contributed by atoms with Crippen LogP contribution < -0.4 is 0 Å². The second kappa shape index (κ2) is 18.2. The van der Waals surface area contributed by atoms with Gasteiger partial charge in [0.1, 0.15) is 5.75 Å². The van der Waals surface area contributed by atoms with Crippen LogP contribution in [0.5, 0.6) is 5.75 Å². The van der Waals surface area contributed by atoms with Gasteiger partial charge in [-0.3, -0.25) is 9.97 Å². The summed E-state index contributed by atoms with van der Waals surface area (Å²) in [6.07, 6.45) is 1.92. The smallest absolute Gasteiger partial charge is 0.127 e. The molecule has 0 aliphatic rings. The fraction of sp³-hybridized carbons (Fsp3) is 0.188. The molecular formula is C64H58N3OPt-. The van der Waals surface area contributed by atoms with E-state index >= 15 is 0 Å². The van der Waals surface area contributed by atoms with E-state index in [-0.39, 0.29) is 43.1 Å². The van der Waals surface area contributed by atoms with Gasteiger partial charge >= 0.3 is 0 Å². The van der Waals surface area contributed by atoms with E-state index in [0.717, 1.165) is 106 Å². The Balaban J connectivity index is 0.00000593. The Bertz CT molecular complexity index is 3500. The Hall–Kier alpha value is -6.87. The zero-order chi connectivity index (χ0) is 47.5. The van der Waals surface area contributed by atoms with Crippen LogP contribution in [0.1, 0.15) is 79.0 Å². The van der Waals surface area contributed by atoms with Crippen LogP contribution in [0.4, 0.5) is 0 Å². The maximum Gasteiger partial charge on any atom is 0.127 e. The molecule has 0 fully saturated rings. The van der Waals surface area contributed by atoms with Gasteiger partial charge in [0.15, 0.2) is 0 Å². The van der Waals surface area contributed by atoms with Crippen LogP contribution in [0.2, 0.25) is 0 Å². The molecule has 0 amide bonds. The van der Waals surface area contributed by atoms with E-state index in [1.54, 1.807) is 0 Å². The number of hydrogen-bond donors (Lipinski definition) is 1. The Kier molecular flexibility index (Phi) is 12.5. The molecular weight excluding hydrogens is 1020 g/mol. The van der Waals surface area contributed by atoms with Crippen molar-refractivity contribution < 1.29 is 26.2 Å². The molecule has 346 valence electrons. The third kappa shape index (κ3) is 9.00. The summed E-state index contributed by atoms with van der Waals surface area (Å²) in [5.41, 5.74) is 17.3. The minimum absolute atomic E-state index is 0. The van der Waals surface area contributed by atoms with E-state index < -0.39 is 0 Å². The fourth-order valence-electron chi connectivity index (χ4n) is 9.53. The van der Waals surface area contributed by atoms with E-state index in [4.69, 9.17) is 9.97 Å². The zero-order valence-electron chi connectivity index (χ0n) is 40.9. The zero-order valence-corrected chi connectivity index (χ0v) is 43.2. The van der Waals surface area contributed by atoms with Crippen molar-refractivity contribution in [2.75, 3.05) is 0 Å². The molecule has 0 saturated carbocycles. The number of rotatable bonds is 7. The molecule has 69 heavy (non-hydrogen) atoms. The number of nitrogens with zero attached hydrogens (tertiary/aromatic N) is 3. The van der Waals surface area contributed by atoms with Crippen LogP contribution in [0, 0.1) is 6.07 Å². The molecule has 0 spiro atoms. The maximum absolute atomic E-state index is 12.4. The van der Waals surface area contributed by atoms with Crippen molar-refractivity contribution >= 4 is 21.9 Å². The molecule has 0 atom stereocenters. The SMILES string of the molecule is CC(C)(C)c1cc(-c2cccc3c(-c4ccccc4)ccnc23)[c-]c(-c2nc3c(-c4cc(-c5ccccc5)cc(C(C)(C)C)c4O)cccc3n2-c2ccc(C(C)(C)C)cc2-c2ccccc2)c1.[Pt]. The van der Waals surface area contributed by atoms with Crippen LogP contribution in [-0.2, 0) is 37.3 Å². The van der Waals surface area contributed by atoms with Gasteiger partial charge in [-0.25, -0.2) is 0 Å². The molecule has 1 N–H and O–H groups in total. The Labute approximate surface area is 422 Å². The first-order chi connectivity index (χ1) is 32.5. The summed E-state index contributed by atoms with van der Waals surface area (Å²) in [5, 5.41) is 13.5. The van der Waals surface area contributed by atoms with Gasteiger partial charge in [0, 0.05) is 66.1 Å². The molecule has 0 unspecified atom stereocenters. The molecule has 2 heterocycles. The molecule has 0 bridgehead atoms. The largest absolute Gasteiger partial charge is 0.507 e. The second-order valence-electron chi connectivity index (χ2n) is 21.2. The monoisotopic (exact) mass is 1080 g/mol. The maximum atomic E-state index is 12.4. The first-order valence-corrected chi connectivity index (χ1v) is 23.7. The Morgan fingerprint density at radius 3 is 1.68 bits per heavy atom. The number of aromatic hydroxyl groups is 1. The van der Waals surface area contributed by atoms with Gasteiger partial charge in [-0.05, 0) is 86.0 Å².